The summed E-state index contributed by atoms with van der Waals surface area (Å²) in [6, 6.07) is 0. The van der Waals surface area contributed by atoms with Crippen LogP contribution >= 0.6 is 0 Å². The van der Waals surface area contributed by atoms with E-state index in [4.69, 9.17) is 0 Å². The minimum absolute atomic E-state index is 0.208. The number of likely N-dealkylation sites (tertiary alicyclic amines) is 2. The minimum atomic E-state index is -4.03. The van der Waals surface area contributed by atoms with Crippen LogP contribution in [0.1, 0.15) is 0 Å². The molecule has 2 aliphatic heterocycles. The molecule has 2 aliphatic rings. The number of hydrogen-bond acceptors (Lipinski definition) is 2. The third kappa shape index (κ3) is 1.81. The van der Waals surface area contributed by atoms with E-state index in [0.717, 1.165) is 13.1 Å². The van der Waals surface area contributed by atoms with Crippen LogP contribution in [0.25, 0.3) is 0 Å². The summed E-state index contributed by atoms with van der Waals surface area (Å²) in [5, 5.41) is 0. The molecule has 0 radical (unpaired) electrons. The van der Waals surface area contributed by atoms with Gasteiger partial charge in [0.2, 0.25) is 0 Å². The lowest BCUT2D eigenvalue weighted by Crippen LogP contribution is -2.71. The van der Waals surface area contributed by atoms with Crippen molar-refractivity contribution in [2.24, 2.45) is 5.41 Å². The summed E-state index contributed by atoms with van der Waals surface area (Å²) in [6.07, 6.45) is -4.03. The molecular weight excluding hydrogens is 181 g/mol. The average molecular weight is 194 g/mol. The molecule has 2 heterocycles. The fourth-order valence-electron chi connectivity index (χ4n) is 2.57. The van der Waals surface area contributed by atoms with Crippen molar-refractivity contribution in [1.82, 2.24) is 9.80 Å². The molecule has 2 fully saturated rings. The van der Waals surface area contributed by atoms with Crippen LogP contribution in [0.2, 0.25) is 0 Å². The van der Waals surface area contributed by atoms with E-state index < -0.39 is 12.7 Å². The molecular formula is C8H13F3N2. The molecule has 0 aromatic rings. The van der Waals surface area contributed by atoms with Crippen molar-refractivity contribution in [3.8, 4) is 0 Å². The van der Waals surface area contributed by atoms with Gasteiger partial charge in [-0.1, -0.05) is 0 Å². The van der Waals surface area contributed by atoms with Crippen LogP contribution in [0.3, 0.4) is 0 Å². The first kappa shape index (κ1) is 9.27. The summed E-state index contributed by atoms with van der Waals surface area (Å²) < 4.78 is 35.8. The standard InChI is InChI=1S/C8H13F3N2/c1-12-2-7(3-12)4-13(5-7)6-8(9,10)11/h2-6H2,1H3. The van der Waals surface area contributed by atoms with Gasteiger partial charge in [0.05, 0.1) is 6.54 Å². The van der Waals surface area contributed by atoms with Crippen molar-refractivity contribution in [1.29, 1.82) is 0 Å². The zero-order valence-electron chi connectivity index (χ0n) is 7.56. The van der Waals surface area contributed by atoms with Gasteiger partial charge in [-0.25, -0.2) is 0 Å². The molecule has 2 nitrogen and oxygen atoms in total. The molecule has 0 aliphatic carbocycles. The Balaban J connectivity index is 1.73. The summed E-state index contributed by atoms with van der Waals surface area (Å²) in [4.78, 5) is 3.62. The van der Waals surface area contributed by atoms with Crippen molar-refractivity contribution < 1.29 is 13.2 Å². The fourth-order valence-corrected chi connectivity index (χ4v) is 2.57. The molecule has 0 aromatic carbocycles. The lowest BCUT2D eigenvalue weighted by Gasteiger charge is -2.59. The van der Waals surface area contributed by atoms with Crippen molar-refractivity contribution in [2.75, 3.05) is 39.8 Å². The van der Waals surface area contributed by atoms with Crippen LogP contribution in [0, 0.1) is 5.41 Å². The topological polar surface area (TPSA) is 6.48 Å². The van der Waals surface area contributed by atoms with E-state index in [1.165, 1.54) is 4.90 Å². The second-order valence-electron chi connectivity index (χ2n) is 4.43. The van der Waals surface area contributed by atoms with Crippen molar-refractivity contribution in [3.05, 3.63) is 0 Å². The van der Waals surface area contributed by atoms with Gasteiger partial charge in [0, 0.05) is 31.6 Å². The highest BCUT2D eigenvalue weighted by molar-refractivity contribution is 5.04. The Morgan fingerprint density at radius 3 is 2.08 bits per heavy atom. The van der Waals surface area contributed by atoms with E-state index in [1.807, 2.05) is 7.05 Å². The maximum absolute atomic E-state index is 11.9. The van der Waals surface area contributed by atoms with Gasteiger partial charge < -0.3 is 4.90 Å². The zero-order valence-corrected chi connectivity index (χ0v) is 7.56. The summed E-state index contributed by atoms with van der Waals surface area (Å²) in [6.45, 7) is 2.43. The Bertz CT molecular complexity index is 200. The molecule has 76 valence electrons. The highest BCUT2D eigenvalue weighted by Crippen LogP contribution is 2.39. The Morgan fingerprint density at radius 2 is 1.69 bits per heavy atom. The molecule has 0 bridgehead atoms. The Morgan fingerprint density at radius 1 is 1.15 bits per heavy atom. The van der Waals surface area contributed by atoms with Crippen LogP contribution in [0.15, 0.2) is 0 Å². The summed E-state index contributed by atoms with van der Waals surface area (Å²) in [7, 11) is 2.00. The first-order valence-electron chi connectivity index (χ1n) is 4.36. The second-order valence-corrected chi connectivity index (χ2v) is 4.43. The molecule has 0 unspecified atom stereocenters. The second kappa shape index (κ2) is 2.60. The van der Waals surface area contributed by atoms with Gasteiger partial charge in [-0.3, -0.25) is 4.90 Å². The van der Waals surface area contributed by atoms with Gasteiger partial charge in [0.1, 0.15) is 0 Å². The molecule has 0 atom stereocenters. The van der Waals surface area contributed by atoms with E-state index in [2.05, 4.69) is 4.90 Å². The lowest BCUT2D eigenvalue weighted by molar-refractivity contribution is -0.187. The van der Waals surface area contributed by atoms with E-state index >= 15 is 0 Å². The highest BCUT2D eigenvalue weighted by atomic mass is 19.4. The van der Waals surface area contributed by atoms with Crippen molar-refractivity contribution in [3.63, 3.8) is 0 Å². The zero-order chi connectivity index (χ0) is 9.69. The smallest absolute Gasteiger partial charge is 0.305 e. The predicted octanol–water partition coefficient (Wildman–Crippen LogP) is 0.796. The third-order valence-corrected chi connectivity index (χ3v) is 2.73. The van der Waals surface area contributed by atoms with Crippen molar-refractivity contribution >= 4 is 0 Å². The fraction of sp³-hybridized carbons (Fsp3) is 1.00. The number of rotatable bonds is 1. The molecule has 1 spiro atoms. The van der Waals surface area contributed by atoms with E-state index in [-0.39, 0.29) is 5.41 Å². The first-order valence-corrected chi connectivity index (χ1v) is 4.36. The molecule has 5 heteroatoms. The monoisotopic (exact) mass is 194 g/mol. The van der Waals surface area contributed by atoms with Gasteiger partial charge in [-0.2, -0.15) is 13.2 Å². The molecule has 2 rings (SSSR count). The molecule has 2 saturated heterocycles. The van der Waals surface area contributed by atoms with Crippen LogP contribution in [0.5, 0.6) is 0 Å². The Labute approximate surface area is 75.3 Å². The largest absolute Gasteiger partial charge is 0.401 e. The van der Waals surface area contributed by atoms with Crippen LogP contribution in [-0.2, 0) is 0 Å². The highest BCUT2D eigenvalue weighted by Gasteiger charge is 2.52. The van der Waals surface area contributed by atoms with Crippen molar-refractivity contribution in [2.45, 2.75) is 6.18 Å². The van der Waals surface area contributed by atoms with E-state index in [9.17, 15) is 13.2 Å². The summed E-state index contributed by atoms with van der Waals surface area (Å²) in [5.74, 6) is 0. The van der Waals surface area contributed by atoms with Gasteiger partial charge in [-0.05, 0) is 7.05 Å². The first-order chi connectivity index (χ1) is 5.89. The molecule has 13 heavy (non-hydrogen) atoms. The van der Waals surface area contributed by atoms with Crippen LogP contribution in [-0.4, -0.2) is 55.7 Å². The lowest BCUT2D eigenvalue weighted by atomic mass is 9.73. The summed E-state index contributed by atoms with van der Waals surface area (Å²) in [5.41, 5.74) is 0.208. The van der Waals surface area contributed by atoms with Gasteiger partial charge in [-0.15, -0.1) is 0 Å². The summed E-state index contributed by atoms with van der Waals surface area (Å²) >= 11 is 0. The number of alkyl halides is 3. The SMILES string of the molecule is CN1CC2(C1)CN(CC(F)(F)F)C2. The van der Waals surface area contributed by atoms with Crippen LogP contribution in [0.4, 0.5) is 13.2 Å². The number of halogens is 3. The Hall–Kier alpha value is -0.290. The molecule has 0 N–H and O–H groups in total. The maximum Gasteiger partial charge on any atom is 0.401 e. The van der Waals surface area contributed by atoms with E-state index in [1.54, 1.807) is 0 Å². The number of hydrogen-bond donors (Lipinski definition) is 0. The minimum Gasteiger partial charge on any atom is -0.305 e. The van der Waals surface area contributed by atoms with Gasteiger partial charge >= 0.3 is 6.18 Å². The molecule has 0 amide bonds. The van der Waals surface area contributed by atoms with Gasteiger partial charge in [0.25, 0.3) is 0 Å². The Kier molecular flexibility index (Phi) is 1.86. The van der Waals surface area contributed by atoms with Crippen LogP contribution < -0.4 is 0 Å². The predicted molar refractivity (Wildman–Crippen MR) is 42.4 cm³/mol. The maximum atomic E-state index is 11.9. The quantitative estimate of drug-likeness (QED) is 0.609. The van der Waals surface area contributed by atoms with Gasteiger partial charge in [0.15, 0.2) is 0 Å². The average Bonchev–Trinajstić information content (AvgIpc) is 1.76. The molecule has 0 saturated carbocycles. The normalized spacial score (nSPS) is 28.6. The molecule has 0 aromatic heterocycles. The number of nitrogens with zero attached hydrogens (tertiary/aromatic N) is 2. The van der Waals surface area contributed by atoms with E-state index in [0.29, 0.717) is 13.1 Å². The third-order valence-electron chi connectivity index (χ3n) is 2.73.